The van der Waals surface area contributed by atoms with Crippen molar-refractivity contribution in [3.63, 3.8) is 0 Å². The Morgan fingerprint density at radius 1 is 1.06 bits per heavy atom. The van der Waals surface area contributed by atoms with E-state index in [1.165, 1.54) is 0 Å². The number of nitrogens with one attached hydrogen (secondary N) is 1. The van der Waals surface area contributed by atoms with Crippen molar-refractivity contribution in [1.82, 2.24) is 5.32 Å². The average molecular weight is 295 g/mol. The van der Waals surface area contributed by atoms with Crippen LogP contribution >= 0.6 is 34.8 Å². The summed E-state index contributed by atoms with van der Waals surface area (Å²) in [5.41, 5.74) is 0.486. The number of hydrogen-bond acceptors (Lipinski definition) is 1. The molecule has 1 N–H and O–H groups in total. The molecule has 0 atom stereocenters. The third-order valence-electron chi connectivity index (χ3n) is 2.22. The number of rotatable bonds is 6. The normalized spacial score (nSPS) is 10.3. The van der Waals surface area contributed by atoms with Crippen LogP contribution in [-0.2, 0) is 0 Å². The van der Waals surface area contributed by atoms with Gasteiger partial charge in [0.05, 0.1) is 0 Å². The van der Waals surface area contributed by atoms with Crippen LogP contribution in [0.2, 0.25) is 10.0 Å². The third-order valence-corrected chi connectivity index (χ3v) is 2.92. The largest absolute Gasteiger partial charge is 0.352 e. The van der Waals surface area contributed by atoms with E-state index in [1.807, 2.05) is 0 Å². The summed E-state index contributed by atoms with van der Waals surface area (Å²) in [7, 11) is 0. The molecule has 17 heavy (non-hydrogen) atoms. The first-order valence-electron chi connectivity index (χ1n) is 5.43. The van der Waals surface area contributed by atoms with E-state index in [0.29, 0.717) is 28.0 Å². The van der Waals surface area contributed by atoms with Crippen molar-refractivity contribution in [2.45, 2.75) is 19.3 Å². The molecule has 1 aromatic rings. The summed E-state index contributed by atoms with van der Waals surface area (Å²) in [5, 5.41) is 3.74. The predicted octanol–water partition coefficient (Wildman–Crippen LogP) is 4.13. The zero-order valence-corrected chi connectivity index (χ0v) is 11.6. The van der Waals surface area contributed by atoms with Crippen LogP contribution < -0.4 is 5.32 Å². The number of benzene rings is 1. The summed E-state index contributed by atoms with van der Waals surface area (Å²) < 4.78 is 0. The monoisotopic (exact) mass is 293 g/mol. The molecule has 0 spiro atoms. The molecule has 0 unspecified atom stereocenters. The minimum atomic E-state index is -0.153. The van der Waals surface area contributed by atoms with Crippen LogP contribution in [0.25, 0.3) is 0 Å². The minimum Gasteiger partial charge on any atom is -0.352 e. The van der Waals surface area contributed by atoms with E-state index in [2.05, 4.69) is 5.32 Å². The molecule has 1 rings (SSSR count). The molecule has 0 radical (unpaired) electrons. The van der Waals surface area contributed by atoms with Crippen molar-refractivity contribution < 1.29 is 4.79 Å². The van der Waals surface area contributed by atoms with E-state index in [4.69, 9.17) is 34.8 Å². The van der Waals surface area contributed by atoms with E-state index in [1.54, 1.807) is 18.2 Å². The molecular formula is C12H14Cl3NO. The van der Waals surface area contributed by atoms with Crippen LogP contribution in [0.5, 0.6) is 0 Å². The number of hydrogen-bond donors (Lipinski definition) is 1. The van der Waals surface area contributed by atoms with Gasteiger partial charge in [-0.15, -0.1) is 11.6 Å². The lowest BCUT2D eigenvalue weighted by Crippen LogP contribution is -2.24. The minimum absolute atomic E-state index is 0.153. The molecule has 5 heteroatoms. The van der Waals surface area contributed by atoms with Crippen LogP contribution in [0.1, 0.15) is 29.6 Å². The first-order chi connectivity index (χ1) is 8.13. The average Bonchev–Trinajstić information content (AvgIpc) is 2.27. The fourth-order valence-electron chi connectivity index (χ4n) is 1.39. The Bertz CT molecular complexity index is 362. The van der Waals surface area contributed by atoms with Gasteiger partial charge in [0.15, 0.2) is 0 Å². The van der Waals surface area contributed by atoms with Gasteiger partial charge in [0.1, 0.15) is 0 Å². The summed E-state index contributed by atoms with van der Waals surface area (Å²) >= 11 is 17.2. The lowest BCUT2D eigenvalue weighted by molar-refractivity contribution is 0.0953. The smallest absolute Gasteiger partial charge is 0.251 e. The quantitative estimate of drug-likeness (QED) is 0.620. The van der Waals surface area contributed by atoms with E-state index in [0.717, 1.165) is 19.3 Å². The van der Waals surface area contributed by atoms with Gasteiger partial charge in [-0.2, -0.15) is 0 Å². The number of alkyl halides is 1. The lowest BCUT2D eigenvalue weighted by atomic mass is 10.2. The summed E-state index contributed by atoms with van der Waals surface area (Å²) in [6, 6.07) is 4.80. The molecule has 0 heterocycles. The second-order valence-corrected chi connectivity index (χ2v) is 4.91. The van der Waals surface area contributed by atoms with Crippen LogP contribution in [-0.4, -0.2) is 18.3 Å². The van der Waals surface area contributed by atoms with Gasteiger partial charge in [0, 0.05) is 28.0 Å². The highest BCUT2D eigenvalue weighted by Gasteiger charge is 2.06. The standard InChI is InChI=1S/C12H14Cl3NO/c13-4-2-1-3-5-16-12(17)9-6-10(14)8-11(15)7-9/h6-8H,1-5H2,(H,16,17). The van der Waals surface area contributed by atoms with Gasteiger partial charge >= 0.3 is 0 Å². The zero-order chi connectivity index (χ0) is 12.7. The summed E-state index contributed by atoms with van der Waals surface area (Å²) in [6.07, 6.45) is 2.91. The molecular weight excluding hydrogens is 280 g/mol. The number of unbranched alkanes of at least 4 members (excludes halogenated alkanes) is 2. The molecule has 0 aliphatic carbocycles. The maximum Gasteiger partial charge on any atom is 0.251 e. The molecule has 0 saturated heterocycles. The molecule has 0 aliphatic heterocycles. The van der Waals surface area contributed by atoms with E-state index in [9.17, 15) is 4.79 Å². The Hall–Kier alpha value is -0.440. The Labute approximate surface area is 116 Å². The molecule has 0 aromatic heterocycles. The van der Waals surface area contributed by atoms with Gasteiger partial charge in [-0.25, -0.2) is 0 Å². The highest BCUT2D eigenvalue weighted by Crippen LogP contribution is 2.18. The second-order valence-electron chi connectivity index (χ2n) is 3.66. The maximum atomic E-state index is 11.7. The van der Waals surface area contributed by atoms with Crippen molar-refractivity contribution in [2.75, 3.05) is 12.4 Å². The van der Waals surface area contributed by atoms with Crippen molar-refractivity contribution in [2.24, 2.45) is 0 Å². The van der Waals surface area contributed by atoms with Gasteiger partial charge < -0.3 is 5.32 Å². The van der Waals surface area contributed by atoms with E-state index in [-0.39, 0.29) is 5.91 Å². The number of carbonyl (C=O) groups excluding carboxylic acids is 1. The molecule has 2 nitrogen and oxygen atoms in total. The van der Waals surface area contributed by atoms with Crippen LogP contribution in [0.4, 0.5) is 0 Å². The van der Waals surface area contributed by atoms with Gasteiger partial charge in [0.25, 0.3) is 5.91 Å². The second kappa shape index (κ2) is 7.80. The van der Waals surface area contributed by atoms with Crippen molar-refractivity contribution in [3.8, 4) is 0 Å². The first kappa shape index (κ1) is 14.6. The van der Waals surface area contributed by atoms with Crippen molar-refractivity contribution in [1.29, 1.82) is 0 Å². The molecule has 1 amide bonds. The summed E-state index contributed by atoms with van der Waals surface area (Å²) in [5.74, 6) is 0.512. The van der Waals surface area contributed by atoms with Crippen LogP contribution in [0.3, 0.4) is 0 Å². The number of halogens is 3. The predicted molar refractivity (Wildman–Crippen MR) is 73.4 cm³/mol. The molecule has 0 fully saturated rings. The Morgan fingerprint density at radius 2 is 1.71 bits per heavy atom. The third kappa shape index (κ3) is 5.62. The highest BCUT2D eigenvalue weighted by molar-refractivity contribution is 6.35. The van der Waals surface area contributed by atoms with E-state index < -0.39 is 0 Å². The first-order valence-corrected chi connectivity index (χ1v) is 6.73. The molecule has 0 saturated carbocycles. The zero-order valence-electron chi connectivity index (χ0n) is 9.31. The summed E-state index contributed by atoms with van der Waals surface area (Å²) in [6.45, 7) is 0.639. The maximum absolute atomic E-state index is 11.7. The highest BCUT2D eigenvalue weighted by atomic mass is 35.5. The van der Waals surface area contributed by atoms with Gasteiger partial charge in [0.2, 0.25) is 0 Å². The summed E-state index contributed by atoms with van der Waals surface area (Å²) in [4.78, 5) is 11.7. The van der Waals surface area contributed by atoms with Crippen LogP contribution in [0.15, 0.2) is 18.2 Å². The Balaban J connectivity index is 2.41. The molecule has 94 valence electrons. The topological polar surface area (TPSA) is 29.1 Å². The van der Waals surface area contributed by atoms with Gasteiger partial charge in [-0.3, -0.25) is 4.79 Å². The Morgan fingerprint density at radius 3 is 2.29 bits per heavy atom. The van der Waals surface area contributed by atoms with Crippen LogP contribution in [0, 0.1) is 0 Å². The molecule has 0 aliphatic rings. The lowest BCUT2D eigenvalue weighted by Gasteiger charge is -2.05. The molecule has 0 bridgehead atoms. The number of carbonyl (C=O) groups is 1. The van der Waals surface area contributed by atoms with Crippen molar-refractivity contribution >= 4 is 40.7 Å². The Kier molecular flexibility index (Phi) is 6.71. The SMILES string of the molecule is O=C(NCCCCCCl)c1cc(Cl)cc(Cl)c1. The molecule has 1 aromatic carbocycles. The fraction of sp³-hybridized carbons (Fsp3) is 0.417. The van der Waals surface area contributed by atoms with Crippen molar-refractivity contribution in [3.05, 3.63) is 33.8 Å². The number of amides is 1. The fourth-order valence-corrected chi connectivity index (χ4v) is 2.10. The van der Waals surface area contributed by atoms with E-state index >= 15 is 0 Å². The van der Waals surface area contributed by atoms with Gasteiger partial charge in [-0.1, -0.05) is 29.6 Å². The van der Waals surface area contributed by atoms with Gasteiger partial charge in [-0.05, 0) is 31.0 Å².